The minimum atomic E-state index is -0.303. The summed E-state index contributed by atoms with van der Waals surface area (Å²) in [5, 5.41) is 3.65. The zero-order chi connectivity index (χ0) is 20.2. The number of pyridine rings is 1. The number of carbonyl (C=O) groups is 1. The van der Waals surface area contributed by atoms with Crippen LogP contribution in [0, 0.1) is 11.6 Å². The van der Waals surface area contributed by atoms with Crippen LogP contribution in [0.3, 0.4) is 0 Å². The van der Waals surface area contributed by atoms with Crippen LogP contribution < -0.4 is 5.32 Å². The summed E-state index contributed by atoms with van der Waals surface area (Å²) < 4.78 is 26.8. The highest BCUT2D eigenvalue weighted by Gasteiger charge is 2.24. The molecule has 0 spiro atoms. The summed E-state index contributed by atoms with van der Waals surface area (Å²) in [5.41, 5.74) is 2.25. The first kappa shape index (κ1) is 19.9. The third-order valence-electron chi connectivity index (χ3n) is 4.62. The largest absolute Gasteiger partial charge is 0.345 e. The van der Waals surface area contributed by atoms with Gasteiger partial charge in [0.05, 0.1) is 11.6 Å². The Kier molecular flexibility index (Phi) is 6.16. The third kappa shape index (κ3) is 4.79. The minimum Gasteiger partial charge on any atom is -0.345 e. The van der Waals surface area contributed by atoms with Crippen LogP contribution in [0.1, 0.15) is 33.9 Å². The number of nitrogens with zero attached hydrogens (tertiary/aromatic N) is 1. The van der Waals surface area contributed by atoms with Crippen molar-refractivity contribution in [1.82, 2.24) is 10.3 Å². The van der Waals surface area contributed by atoms with E-state index in [9.17, 15) is 13.6 Å². The van der Waals surface area contributed by atoms with Crippen LogP contribution in [-0.4, -0.2) is 16.6 Å². The lowest BCUT2D eigenvalue weighted by Crippen LogP contribution is -2.31. The van der Waals surface area contributed by atoms with Crippen LogP contribution >= 0.6 is 23.5 Å². The molecule has 3 aromatic rings. The summed E-state index contributed by atoms with van der Waals surface area (Å²) >= 11 is 3.10. The predicted octanol–water partition coefficient (Wildman–Crippen LogP) is 5.62. The molecular formula is C22H18F2N2OS2. The average molecular weight is 429 g/mol. The van der Waals surface area contributed by atoms with E-state index in [0.29, 0.717) is 16.3 Å². The second-order valence-corrected chi connectivity index (χ2v) is 8.72. The van der Waals surface area contributed by atoms with Crippen molar-refractivity contribution in [2.45, 2.75) is 28.1 Å². The van der Waals surface area contributed by atoms with Crippen molar-refractivity contribution in [3.63, 3.8) is 0 Å². The Balaban J connectivity index is 1.50. The highest BCUT2D eigenvalue weighted by molar-refractivity contribution is 7.99. The van der Waals surface area contributed by atoms with E-state index in [1.54, 1.807) is 48.3 Å². The number of carbonyl (C=O) groups excluding carboxylic acids is 1. The van der Waals surface area contributed by atoms with Crippen LogP contribution in [0.4, 0.5) is 8.78 Å². The van der Waals surface area contributed by atoms with Gasteiger partial charge < -0.3 is 5.32 Å². The van der Waals surface area contributed by atoms with E-state index >= 15 is 0 Å². The minimum absolute atomic E-state index is 0.230. The first-order valence-electron chi connectivity index (χ1n) is 9.15. The second kappa shape index (κ2) is 8.97. The van der Waals surface area contributed by atoms with Crippen molar-refractivity contribution in [1.29, 1.82) is 0 Å². The fourth-order valence-electron chi connectivity index (χ4n) is 3.16. The summed E-state index contributed by atoms with van der Waals surface area (Å²) in [6, 6.07) is 14.2. The maximum atomic E-state index is 13.7. The molecule has 0 saturated carbocycles. The molecule has 2 heterocycles. The average Bonchev–Trinajstić information content (AvgIpc) is 2.74. The van der Waals surface area contributed by atoms with Gasteiger partial charge in [-0.1, -0.05) is 12.1 Å². The number of benzene rings is 2. The number of nitrogens with one attached hydrogen (secondary N) is 1. The molecule has 1 unspecified atom stereocenters. The van der Waals surface area contributed by atoms with Gasteiger partial charge in [-0.05, 0) is 60.0 Å². The van der Waals surface area contributed by atoms with Crippen LogP contribution in [-0.2, 0) is 5.75 Å². The van der Waals surface area contributed by atoms with Gasteiger partial charge >= 0.3 is 0 Å². The van der Waals surface area contributed by atoms with E-state index in [1.165, 1.54) is 36.0 Å². The summed E-state index contributed by atoms with van der Waals surface area (Å²) in [6.45, 7) is 0. The van der Waals surface area contributed by atoms with E-state index < -0.39 is 0 Å². The molecule has 0 aliphatic carbocycles. The standard InChI is InChI=1S/C22H18F2N2OS2/c23-15-5-3-14(4-6-15)13-29-22-17(2-1-10-25-22)21(27)26-19-9-11-28-20-8-7-16(24)12-18(19)20/h1-8,10,12,19H,9,11,13H2,(H,26,27). The van der Waals surface area contributed by atoms with Gasteiger partial charge in [0.15, 0.2) is 0 Å². The first-order valence-corrected chi connectivity index (χ1v) is 11.1. The molecular weight excluding hydrogens is 410 g/mol. The number of aromatic nitrogens is 1. The maximum absolute atomic E-state index is 13.7. The van der Waals surface area contributed by atoms with E-state index in [0.717, 1.165) is 28.2 Å². The van der Waals surface area contributed by atoms with Crippen LogP contribution in [0.5, 0.6) is 0 Å². The summed E-state index contributed by atoms with van der Waals surface area (Å²) in [4.78, 5) is 18.3. The van der Waals surface area contributed by atoms with Gasteiger partial charge in [0.25, 0.3) is 5.91 Å². The Morgan fingerprint density at radius 3 is 2.76 bits per heavy atom. The normalized spacial score (nSPS) is 15.6. The first-order chi connectivity index (χ1) is 14.1. The molecule has 1 aromatic heterocycles. The second-order valence-electron chi connectivity index (χ2n) is 6.62. The molecule has 0 radical (unpaired) electrons. The van der Waals surface area contributed by atoms with Gasteiger partial charge in [-0.3, -0.25) is 4.79 Å². The molecule has 1 atom stereocenters. The zero-order valence-corrected chi connectivity index (χ0v) is 17.0. The lowest BCUT2D eigenvalue weighted by Gasteiger charge is -2.26. The molecule has 0 bridgehead atoms. The molecule has 4 rings (SSSR count). The fourth-order valence-corrected chi connectivity index (χ4v) is 5.22. The molecule has 2 aromatic carbocycles. The quantitative estimate of drug-likeness (QED) is 0.536. The number of hydrogen-bond acceptors (Lipinski definition) is 4. The Labute approximate surface area is 176 Å². The fraction of sp³-hybridized carbons (Fsp3) is 0.182. The smallest absolute Gasteiger partial charge is 0.254 e. The van der Waals surface area contributed by atoms with Crippen molar-refractivity contribution in [2.24, 2.45) is 0 Å². The number of amides is 1. The number of thioether (sulfide) groups is 2. The van der Waals surface area contributed by atoms with Gasteiger partial charge in [-0.25, -0.2) is 13.8 Å². The van der Waals surface area contributed by atoms with Crippen molar-refractivity contribution in [2.75, 3.05) is 5.75 Å². The van der Waals surface area contributed by atoms with Crippen molar-refractivity contribution in [3.8, 4) is 0 Å². The lowest BCUT2D eigenvalue weighted by atomic mass is 10.0. The molecule has 1 amide bonds. The van der Waals surface area contributed by atoms with Gasteiger partial charge in [0.2, 0.25) is 0 Å². The van der Waals surface area contributed by atoms with Crippen molar-refractivity contribution >= 4 is 29.4 Å². The molecule has 0 fully saturated rings. The van der Waals surface area contributed by atoms with E-state index in [2.05, 4.69) is 10.3 Å². The highest BCUT2D eigenvalue weighted by Crippen LogP contribution is 2.37. The Morgan fingerprint density at radius 1 is 1.14 bits per heavy atom. The van der Waals surface area contributed by atoms with Gasteiger partial charge in [0, 0.05) is 22.6 Å². The summed E-state index contributed by atoms with van der Waals surface area (Å²) in [5.74, 6) is 0.627. The van der Waals surface area contributed by atoms with Crippen LogP contribution in [0.25, 0.3) is 0 Å². The molecule has 29 heavy (non-hydrogen) atoms. The van der Waals surface area contributed by atoms with E-state index in [4.69, 9.17) is 0 Å². The lowest BCUT2D eigenvalue weighted by molar-refractivity contribution is 0.0931. The Morgan fingerprint density at radius 2 is 1.93 bits per heavy atom. The SMILES string of the molecule is O=C(NC1CCSc2ccc(F)cc21)c1cccnc1SCc1ccc(F)cc1. The summed E-state index contributed by atoms with van der Waals surface area (Å²) in [6.07, 6.45) is 2.39. The number of rotatable bonds is 5. The van der Waals surface area contributed by atoms with Crippen LogP contribution in [0.15, 0.2) is 70.7 Å². The molecule has 1 N–H and O–H groups in total. The monoisotopic (exact) mass is 428 g/mol. The summed E-state index contributed by atoms with van der Waals surface area (Å²) in [7, 11) is 0. The molecule has 0 saturated heterocycles. The molecule has 148 valence electrons. The number of halogens is 2. The number of fused-ring (bicyclic) bond motifs is 1. The third-order valence-corrected chi connectivity index (χ3v) is 6.82. The molecule has 1 aliphatic heterocycles. The van der Waals surface area contributed by atoms with Gasteiger partial charge in [-0.15, -0.1) is 23.5 Å². The van der Waals surface area contributed by atoms with Crippen molar-refractivity contribution < 1.29 is 13.6 Å². The van der Waals surface area contributed by atoms with E-state index in [1.807, 2.05) is 0 Å². The topological polar surface area (TPSA) is 42.0 Å². The van der Waals surface area contributed by atoms with Crippen LogP contribution in [0.2, 0.25) is 0 Å². The van der Waals surface area contributed by atoms with E-state index in [-0.39, 0.29) is 23.6 Å². The molecule has 7 heteroatoms. The maximum Gasteiger partial charge on any atom is 0.254 e. The predicted molar refractivity (Wildman–Crippen MR) is 112 cm³/mol. The Hall–Kier alpha value is -2.38. The molecule has 3 nitrogen and oxygen atoms in total. The van der Waals surface area contributed by atoms with Gasteiger partial charge in [0.1, 0.15) is 16.7 Å². The Bertz CT molecular complexity index is 1030. The number of hydrogen-bond donors (Lipinski definition) is 1. The zero-order valence-electron chi connectivity index (χ0n) is 15.4. The molecule has 1 aliphatic rings. The van der Waals surface area contributed by atoms with Gasteiger partial charge in [-0.2, -0.15) is 0 Å². The van der Waals surface area contributed by atoms with Crippen molar-refractivity contribution in [3.05, 3.63) is 89.1 Å². The highest BCUT2D eigenvalue weighted by atomic mass is 32.2.